The van der Waals surface area contributed by atoms with Gasteiger partial charge in [-0.3, -0.25) is 0 Å². The molecule has 0 aliphatic carbocycles. The Morgan fingerprint density at radius 3 is 2.00 bits per heavy atom. The summed E-state index contributed by atoms with van der Waals surface area (Å²) >= 11 is 1.41. The maximum Gasteiger partial charge on any atom is 0.0808 e. The van der Waals surface area contributed by atoms with Gasteiger partial charge in [0.1, 0.15) is 0 Å². The highest BCUT2D eigenvalue weighted by Crippen LogP contribution is 2.19. The topological polar surface area (TPSA) is 25.8 Å². The van der Waals surface area contributed by atoms with Crippen LogP contribution >= 0.6 is 11.5 Å². The van der Waals surface area contributed by atoms with Gasteiger partial charge in [0.15, 0.2) is 0 Å². The van der Waals surface area contributed by atoms with Gasteiger partial charge in [0.25, 0.3) is 0 Å². The number of hydrogen-bond donors (Lipinski definition) is 0. The zero-order chi connectivity index (χ0) is 8.91. The second-order valence-corrected chi connectivity index (χ2v) is 3.65. The van der Waals surface area contributed by atoms with Crippen LogP contribution in [0.3, 0.4) is 0 Å². The SMILES string of the molecule is CC.CC(C)(C)c1csnn1. The average Bonchev–Trinajstić information content (AvgIpc) is 2.40. The molecule has 11 heavy (non-hydrogen) atoms. The van der Waals surface area contributed by atoms with Crippen molar-refractivity contribution in [2.75, 3.05) is 0 Å². The first-order valence-corrected chi connectivity index (χ1v) is 4.72. The smallest absolute Gasteiger partial charge is 0.0808 e. The molecule has 0 N–H and O–H groups in total. The maximum atomic E-state index is 3.96. The summed E-state index contributed by atoms with van der Waals surface area (Å²) in [5.74, 6) is 0. The third-order valence-corrected chi connectivity index (χ3v) is 1.63. The summed E-state index contributed by atoms with van der Waals surface area (Å²) in [6.07, 6.45) is 0. The molecule has 0 fully saturated rings. The highest BCUT2D eigenvalue weighted by atomic mass is 32.1. The fourth-order valence-electron chi connectivity index (χ4n) is 0.491. The van der Waals surface area contributed by atoms with E-state index in [9.17, 15) is 0 Å². The van der Waals surface area contributed by atoms with E-state index < -0.39 is 0 Å². The van der Waals surface area contributed by atoms with Crippen molar-refractivity contribution in [3.8, 4) is 0 Å². The summed E-state index contributed by atoms with van der Waals surface area (Å²) in [6.45, 7) is 10.4. The van der Waals surface area contributed by atoms with E-state index in [0.717, 1.165) is 5.69 Å². The zero-order valence-electron chi connectivity index (χ0n) is 7.88. The van der Waals surface area contributed by atoms with Crippen molar-refractivity contribution in [2.45, 2.75) is 40.0 Å². The molecule has 0 amide bonds. The van der Waals surface area contributed by atoms with Crippen molar-refractivity contribution in [1.29, 1.82) is 0 Å². The van der Waals surface area contributed by atoms with Crippen molar-refractivity contribution in [1.82, 2.24) is 9.59 Å². The maximum absolute atomic E-state index is 3.96. The van der Waals surface area contributed by atoms with Gasteiger partial charge >= 0.3 is 0 Å². The van der Waals surface area contributed by atoms with Crippen LogP contribution in [0.1, 0.15) is 40.3 Å². The zero-order valence-corrected chi connectivity index (χ0v) is 8.70. The number of rotatable bonds is 0. The second-order valence-electron chi connectivity index (χ2n) is 3.04. The largest absolute Gasteiger partial charge is 0.143 e. The van der Waals surface area contributed by atoms with Crippen molar-refractivity contribution >= 4 is 11.5 Å². The van der Waals surface area contributed by atoms with E-state index in [1.165, 1.54) is 11.5 Å². The lowest BCUT2D eigenvalue weighted by Gasteiger charge is -2.12. The lowest BCUT2D eigenvalue weighted by Crippen LogP contribution is -2.11. The van der Waals surface area contributed by atoms with Crippen molar-refractivity contribution in [2.24, 2.45) is 0 Å². The van der Waals surface area contributed by atoms with Gasteiger partial charge in [-0.25, -0.2) is 0 Å². The molecule has 64 valence electrons. The molecule has 0 spiro atoms. The van der Waals surface area contributed by atoms with E-state index in [1.54, 1.807) is 0 Å². The monoisotopic (exact) mass is 172 g/mol. The first-order chi connectivity index (χ1) is 5.11. The number of hydrogen-bond acceptors (Lipinski definition) is 3. The molecule has 0 aromatic carbocycles. The van der Waals surface area contributed by atoms with Crippen molar-refractivity contribution < 1.29 is 0 Å². The minimum Gasteiger partial charge on any atom is -0.143 e. The van der Waals surface area contributed by atoms with Gasteiger partial charge in [-0.2, -0.15) is 0 Å². The Hall–Kier alpha value is -0.440. The summed E-state index contributed by atoms with van der Waals surface area (Å²) in [4.78, 5) is 0. The lowest BCUT2D eigenvalue weighted by atomic mass is 9.94. The Morgan fingerprint density at radius 1 is 1.27 bits per heavy atom. The number of nitrogens with zero attached hydrogens (tertiary/aromatic N) is 2. The summed E-state index contributed by atoms with van der Waals surface area (Å²) in [5.41, 5.74) is 1.24. The summed E-state index contributed by atoms with van der Waals surface area (Å²) in [7, 11) is 0. The van der Waals surface area contributed by atoms with Gasteiger partial charge in [-0.15, -0.1) is 5.10 Å². The highest BCUT2D eigenvalue weighted by Gasteiger charge is 2.15. The molecule has 0 saturated carbocycles. The Balaban J connectivity index is 0.000000461. The normalized spacial score (nSPS) is 10.3. The third kappa shape index (κ3) is 3.46. The molecule has 1 aromatic rings. The van der Waals surface area contributed by atoms with Crippen LogP contribution in [-0.2, 0) is 5.41 Å². The van der Waals surface area contributed by atoms with Crippen LogP contribution in [0.5, 0.6) is 0 Å². The van der Waals surface area contributed by atoms with E-state index in [-0.39, 0.29) is 5.41 Å². The molecule has 0 saturated heterocycles. The lowest BCUT2D eigenvalue weighted by molar-refractivity contribution is 0.567. The van der Waals surface area contributed by atoms with E-state index >= 15 is 0 Å². The van der Waals surface area contributed by atoms with Gasteiger partial charge in [-0.1, -0.05) is 39.1 Å². The fourth-order valence-corrected chi connectivity index (χ4v) is 1.17. The molecule has 2 nitrogen and oxygen atoms in total. The first-order valence-electron chi connectivity index (χ1n) is 3.88. The second kappa shape index (κ2) is 4.44. The Kier molecular flexibility index (Phi) is 4.26. The van der Waals surface area contributed by atoms with Crippen LogP contribution in [0.15, 0.2) is 5.38 Å². The summed E-state index contributed by atoms with van der Waals surface area (Å²) in [5, 5.41) is 5.94. The molecular weight excluding hydrogens is 156 g/mol. The van der Waals surface area contributed by atoms with Crippen LogP contribution in [0.2, 0.25) is 0 Å². The van der Waals surface area contributed by atoms with Crippen LogP contribution in [0.4, 0.5) is 0 Å². The fraction of sp³-hybridized carbons (Fsp3) is 0.750. The predicted molar refractivity (Wildman–Crippen MR) is 50.0 cm³/mol. The first kappa shape index (κ1) is 10.6. The van der Waals surface area contributed by atoms with Gasteiger partial charge < -0.3 is 0 Å². The molecule has 3 heteroatoms. The van der Waals surface area contributed by atoms with Gasteiger partial charge in [0, 0.05) is 10.8 Å². The van der Waals surface area contributed by atoms with E-state index in [1.807, 2.05) is 19.2 Å². The molecule has 0 atom stereocenters. The Bertz CT molecular complexity index is 174. The molecule has 0 radical (unpaired) electrons. The average molecular weight is 172 g/mol. The highest BCUT2D eigenvalue weighted by molar-refractivity contribution is 7.03. The van der Waals surface area contributed by atoms with Crippen LogP contribution in [-0.4, -0.2) is 9.59 Å². The molecule has 1 rings (SSSR count). The summed E-state index contributed by atoms with van der Waals surface area (Å²) < 4.78 is 3.78. The number of aromatic nitrogens is 2. The van der Waals surface area contributed by atoms with Crippen LogP contribution < -0.4 is 0 Å². The van der Waals surface area contributed by atoms with Crippen LogP contribution in [0.25, 0.3) is 0 Å². The molecule has 0 aliphatic rings. The van der Waals surface area contributed by atoms with E-state index in [0.29, 0.717) is 0 Å². The van der Waals surface area contributed by atoms with Crippen molar-refractivity contribution in [3.63, 3.8) is 0 Å². The predicted octanol–water partition coefficient (Wildman–Crippen LogP) is 2.86. The molecule has 0 unspecified atom stereocenters. The Morgan fingerprint density at radius 2 is 1.82 bits per heavy atom. The quantitative estimate of drug-likeness (QED) is 0.601. The van der Waals surface area contributed by atoms with E-state index in [2.05, 4.69) is 30.4 Å². The van der Waals surface area contributed by atoms with Gasteiger partial charge in [-0.05, 0) is 11.5 Å². The van der Waals surface area contributed by atoms with Crippen LogP contribution in [0, 0.1) is 0 Å². The molecule has 1 aromatic heterocycles. The van der Waals surface area contributed by atoms with Crippen molar-refractivity contribution in [3.05, 3.63) is 11.1 Å². The van der Waals surface area contributed by atoms with Gasteiger partial charge in [0.05, 0.1) is 5.69 Å². The molecule has 1 heterocycles. The molecule has 0 aliphatic heterocycles. The standard InChI is InChI=1S/C6H10N2S.C2H6/c1-6(2,3)5-4-9-8-7-5;1-2/h4H,1-3H3;1-2H3. The third-order valence-electron chi connectivity index (χ3n) is 1.13. The van der Waals surface area contributed by atoms with E-state index in [4.69, 9.17) is 0 Å². The van der Waals surface area contributed by atoms with Gasteiger partial charge in [0.2, 0.25) is 0 Å². The minimum atomic E-state index is 0.160. The molecule has 0 bridgehead atoms. The Labute approximate surface area is 72.8 Å². The summed E-state index contributed by atoms with van der Waals surface area (Å²) in [6, 6.07) is 0. The minimum absolute atomic E-state index is 0.160. The molecular formula is C8H16N2S.